The number of likely N-dealkylation sites (tertiary alicyclic amines) is 1. The monoisotopic (exact) mass is 428 g/mol. The van der Waals surface area contributed by atoms with Gasteiger partial charge in [0.05, 0.1) is 30.4 Å². The van der Waals surface area contributed by atoms with Crippen molar-refractivity contribution in [1.29, 1.82) is 0 Å². The van der Waals surface area contributed by atoms with Crippen LogP contribution in [0.25, 0.3) is 16.5 Å². The Morgan fingerprint density at radius 2 is 2.03 bits per heavy atom. The number of carbonyl (C=O) groups is 1. The van der Waals surface area contributed by atoms with Crippen molar-refractivity contribution < 1.29 is 23.5 Å². The van der Waals surface area contributed by atoms with Gasteiger partial charge in [0.2, 0.25) is 16.7 Å². The van der Waals surface area contributed by atoms with Crippen molar-refractivity contribution in [3.05, 3.63) is 47.4 Å². The molecule has 4 aromatic rings. The summed E-state index contributed by atoms with van der Waals surface area (Å²) in [5, 5.41) is 15.4. The average molecular weight is 428 g/mol. The average Bonchev–Trinajstić information content (AvgIpc) is 3.56. The second-order valence-electron chi connectivity index (χ2n) is 7.15. The Hall–Kier alpha value is -3.11. The molecule has 0 amide bonds. The molecule has 5 rings (SSSR count). The van der Waals surface area contributed by atoms with Gasteiger partial charge in [0.15, 0.2) is 5.76 Å². The van der Waals surface area contributed by atoms with Crippen molar-refractivity contribution in [2.24, 2.45) is 5.92 Å². The maximum atomic E-state index is 11.9. The summed E-state index contributed by atoms with van der Waals surface area (Å²) in [4.78, 5) is 19.8. The summed E-state index contributed by atoms with van der Waals surface area (Å²) < 4.78 is 17.4. The third-order valence-electron chi connectivity index (χ3n) is 5.43. The first-order chi connectivity index (χ1) is 14.7. The quantitative estimate of drug-likeness (QED) is 0.483. The fourth-order valence-electron chi connectivity index (χ4n) is 3.92. The molecule has 1 atom stereocenters. The first-order valence-corrected chi connectivity index (χ1v) is 10.4. The predicted octanol–water partition coefficient (Wildman–Crippen LogP) is 3.32. The van der Waals surface area contributed by atoms with E-state index in [1.165, 1.54) is 23.0 Å². The van der Waals surface area contributed by atoms with E-state index in [4.69, 9.17) is 13.6 Å². The topological polar surface area (TPSA) is 106 Å². The maximum Gasteiger partial charge on any atom is 0.308 e. The van der Waals surface area contributed by atoms with Gasteiger partial charge in [0.25, 0.3) is 0 Å². The van der Waals surface area contributed by atoms with E-state index >= 15 is 0 Å². The van der Waals surface area contributed by atoms with Crippen molar-refractivity contribution in [3.8, 4) is 17.5 Å². The molecule has 1 unspecified atom stereocenters. The molecule has 0 aromatic carbocycles. The van der Waals surface area contributed by atoms with E-state index in [0.717, 1.165) is 5.76 Å². The highest BCUT2D eigenvalue weighted by Crippen LogP contribution is 2.42. The van der Waals surface area contributed by atoms with Crippen LogP contribution in [-0.4, -0.2) is 50.8 Å². The van der Waals surface area contributed by atoms with Crippen LogP contribution in [0.15, 0.2) is 45.6 Å². The number of furan rings is 2. The van der Waals surface area contributed by atoms with Gasteiger partial charge in [-0.05, 0) is 37.1 Å². The lowest BCUT2D eigenvalue weighted by molar-refractivity contribution is -0.147. The number of rotatable bonds is 5. The number of aromatic hydroxyl groups is 1. The van der Waals surface area contributed by atoms with Crippen LogP contribution in [0.2, 0.25) is 0 Å². The van der Waals surface area contributed by atoms with Gasteiger partial charge < -0.3 is 18.7 Å². The Bertz CT molecular complexity index is 1140. The molecule has 1 fully saturated rings. The van der Waals surface area contributed by atoms with Gasteiger partial charge in [0.1, 0.15) is 11.8 Å². The van der Waals surface area contributed by atoms with Gasteiger partial charge >= 0.3 is 5.97 Å². The van der Waals surface area contributed by atoms with Crippen molar-refractivity contribution in [1.82, 2.24) is 19.5 Å². The maximum absolute atomic E-state index is 11.9. The second kappa shape index (κ2) is 7.62. The van der Waals surface area contributed by atoms with Gasteiger partial charge in [-0.15, -0.1) is 5.10 Å². The summed E-state index contributed by atoms with van der Waals surface area (Å²) in [6.45, 7) is 1.35. The molecule has 5 heterocycles. The molecule has 1 aliphatic rings. The lowest BCUT2D eigenvalue weighted by atomic mass is 9.95. The summed E-state index contributed by atoms with van der Waals surface area (Å²) in [5.74, 6) is 1.43. The fourth-order valence-corrected chi connectivity index (χ4v) is 5.02. The molecule has 30 heavy (non-hydrogen) atoms. The number of nitrogens with zero attached hydrogens (tertiary/aromatic N) is 4. The first-order valence-electron chi connectivity index (χ1n) is 9.63. The molecule has 9 nitrogen and oxygen atoms in total. The number of esters is 1. The van der Waals surface area contributed by atoms with Crippen LogP contribution in [-0.2, 0) is 9.53 Å². The molecular formula is C20H20N4O5S. The third-order valence-corrected chi connectivity index (χ3v) is 6.50. The minimum Gasteiger partial charge on any atom is -0.492 e. The molecule has 1 N–H and O–H groups in total. The number of ether oxygens (including phenoxy) is 1. The summed E-state index contributed by atoms with van der Waals surface area (Å²) in [6, 6.07) is 6.96. The van der Waals surface area contributed by atoms with Crippen LogP contribution in [0.5, 0.6) is 5.88 Å². The van der Waals surface area contributed by atoms with Gasteiger partial charge in [-0.3, -0.25) is 9.69 Å². The number of fused-ring (bicyclic) bond motifs is 1. The van der Waals surface area contributed by atoms with E-state index in [0.29, 0.717) is 47.4 Å². The summed E-state index contributed by atoms with van der Waals surface area (Å²) in [5.41, 5.74) is 0. The van der Waals surface area contributed by atoms with E-state index < -0.39 is 0 Å². The molecule has 156 valence electrons. The van der Waals surface area contributed by atoms with Crippen LogP contribution >= 0.6 is 11.3 Å². The zero-order valence-corrected chi connectivity index (χ0v) is 17.0. The molecule has 0 spiro atoms. The van der Waals surface area contributed by atoms with Crippen molar-refractivity contribution in [2.45, 2.75) is 18.9 Å². The standard InChI is InChI=1S/C20H20N4O5S/c1-27-19(26)12-6-8-23(9-7-12)15(13-4-2-10-28-13)16-18(25)24-20(30-16)21-17(22-24)14-5-3-11-29-14/h2-5,10-12,15,25H,6-9H2,1H3. The van der Waals surface area contributed by atoms with Gasteiger partial charge in [-0.2, -0.15) is 9.50 Å². The van der Waals surface area contributed by atoms with E-state index in [2.05, 4.69) is 15.0 Å². The lowest BCUT2D eigenvalue weighted by Crippen LogP contribution is -2.39. The summed E-state index contributed by atoms with van der Waals surface area (Å²) >= 11 is 1.36. The molecular weight excluding hydrogens is 408 g/mol. The number of piperidine rings is 1. The molecule has 0 radical (unpaired) electrons. The van der Waals surface area contributed by atoms with Crippen molar-refractivity contribution >= 4 is 22.3 Å². The number of thiazole rings is 1. The van der Waals surface area contributed by atoms with E-state index in [1.54, 1.807) is 24.7 Å². The SMILES string of the molecule is COC(=O)C1CCN(C(c2ccco2)c2sc3nc(-c4ccco4)nn3c2O)CC1. The van der Waals surface area contributed by atoms with Gasteiger partial charge in [-0.1, -0.05) is 11.3 Å². The third kappa shape index (κ3) is 3.17. The Balaban J connectivity index is 1.48. The largest absolute Gasteiger partial charge is 0.492 e. The molecule has 1 saturated heterocycles. The van der Waals surface area contributed by atoms with E-state index in [1.807, 2.05) is 12.1 Å². The lowest BCUT2D eigenvalue weighted by Gasteiger charge is -2.35. The van der Waals surface area contributed by atoms with E-state index in [9.17, 15) is 9.90 Å². The Labute approximate surface area is 175 Å². The number of carbonyl (C=O) groups excluding carboxylic acids is 1. The number of hydrogen-bond donors (Lipinski definition) is 1. The number of aromatic nitrogens is 3. The Morgan fingerprint density at radius 3 is 2.67 bits per heavy atom. The predicted molar refractivity (Wildman–Crippen MR) is 107 cm³/mol. The minimum absolute atomic E-state index is 0.0248. The highest BCUT2D eigenvalue weighted by Gasteiger charge is 2.35. The van der Waals surface area contributed by atoms with Gasteiger partial charge in [0, 0.05) is 13.1 Å². The highest BCUT2D eigenvalue weighted by molar-refractivity contribution is 7.17. The molecule has 1 aliphatic heterocycles. The van der Waals surface area contributed by atoms with Crippen LogP contribution in [0.3, 0.4) is 0 Å². The Kier molecular flexibility index (Phi) is 4.80. The summed E-state index contributed by atoms with van der Waals surface area (Å²) in [6.07, 6.45) is 4.55. The molecule has 0 saturated carbocycles. The number of hydrogen-bond acceptors (Lipinski definition) is 9. The molecule has 4 aromatic heterocycles. The second-order valence-corrected chi connectivity index (χ2v) is 8.16. The fraction of sp³-hybridized carbons (Fsp3) is 0.350. The van der Waals surface area contributed by atoms with Crippen LogP contribution in [0, 0.1) is 5.92 Å². The van der Waals surface area contributed by atoms with Crippen LogP contribution in [0.1, 0.15) is 29.5 Å². The molecule has 0 bridgehead atoms. The van der Waals surface area contributed by atoms with Crippen LogP contribution in [0.4, 0.5) is 0 Å². The highest BCUT2D eigenvalue weighted by atomic mass is 32.1. The van der Waals surface area contributed by atoms with E-state index in [-0.39, 0.29) is 23.8 Å². The van der Waals surface area contributed by atoms with Crippen molar-refractivity contribution in [3.63, 3.8) is 0 Å². The zero-order valence-electron chi connectivity index (χ0n) is 16.2. The van der Waals surface area contributed by atoms with Gasteiger partial charge in [-0.25, -0.2) is 0 Å². The zero-order chi connectivity index (χ0) is 20.7. The summed E-state index contributed by atoms with van der Waals surface area (Å²) in [7, 11) is 1.42. The molecule has 10 heteroatoms. The molecule has 0 aliphatic carbocycles. The Morgan fingerprint density at radius 1 is 1.27 bits per heavy atom. The van der Waals surface area contributed by atoms with Crippen molar-refractivity contribution in [2.75, 3.05) is 20.2 Å². The van der Waals surface area contributed by atoms with Crippen LogP contribution < -0.4 is 0 Å². The minimum atomic E-state index is -0.292. The normalized spacial score (nSPS) is 16.8. The first kappa shape index (κ1) is 18.9. The number of methoxy groups -OCH3 is 1. The smallest absolute Gasteiger partial charge is 0.308 e.